The topological polar surface area (TPSA) is 38.1 Å². The highest BCUT2D eigenvalue weighted by molar-refractivity contribution is 9.10. The van der Waals surface area contributed by atoms with Crippen molar-refractivity contribution in [3.05, 3.63) is 63.3 Å². The number of halogens is 2. The predicted octanol–water partition coefficient (Wildman–Crippen LogP) is 5.52. The molecule has 6 heteroatoms. The number of nitrogens with zero attached hydrogens (tertiary/aromatic N) is 3. The van der Waals surface area contributed by atoms with E-state index < -0.39 is 0 Å². The van der Waals surface area contributed by atoms with Crippen molar-refractivity contribution < 1.29 is 4.79 Å². The molecule has 1 amide bonds. The summed E-state index contributed by atoms with van der Waals surface area (Å²) in [4.78, 5) is 19.6. The highest BCUT2D eigenvalue weighted by Crippen LogP contribution is 2.22. The van der Waals surface area contributed by atoms with Gasteiger partial charge < -0.3 is 9.47 Å². The lowest BCUT2D eigenvalue weighted by Gasteiger charge is -2.22. The van der Waals surface area contributed by atoms with Crippen molar-refractivity contribution in [2.24, 2.45) is 0 Å². The van der Waals surface area contributed by atoms with E-state index >= 15 is 0 Å². The lowest BCUT2D eigenvalue weighted by molar-refractivity contribution is 0.0737. The van der Waals surface area contributed by atoms with Crippen LogP contribution in [-0.2, 0) is 13.1 Å². The number of amides is 1. The van der Waals surface area contributed by atoms with Gasteiger partial charge in [-0.25, -0.2) is 4.98 Å². The molecule has 0 spiro atoms. The summed E-state index contributed by atoms with van der Waals surface area (Å²) in [5.41, 5.74) is 2.58. The highest BCUT2D eigenvalue weighted by atomic mass is 79.9. The minimum Gasteiger partial charge on any atom is -0.331 e. The van der Waals surface area contributed by atoms with E-state index in [0.29, 0.717) is 23.7 Å². The van der Waals surface area contributed by atoms with Crippen LogP contribution in [0.1, 0.15) is 36.5 Å². The van der Waals surface area contributed by atoms with Crippen LogP contribution in [0.3, 0.4) is 0 Å². The SMILES string of the molecule is CCCN(Cc1nc2ccc(Cl)cc2n1CC)C(=O)c1cccc(Br)c1. The standard InChI is InChI=1S/C20H21BrClN3O/c1-3-10-24(20(26)14-6-5-7-15(21)11-14)13-19-23-17-9-8-16(22)12-18(17)25(19)4-2/h5-9,11-12H,3-4,10,13H2,1-2H3. The molecule has 0 aliphatic rings. The Bertz CT molecular complexity index is 938. The number of fused-ring (bicyclic) bond motifs is 1. The first kappa shape index (κ1) is 18.9. The summed E-state index contributed by atoms with van der Waals surface area (Å²) in [7, 11) is 0. The van der Waals surface area contributed by atoms with Gasteiger partial charge >= 0.3 is 0 Å². The van der Waals surface area contributed by atoms with E-state index in [1.165, 1.54) is 0 Å². The molecule has 0 unspecified atom stereocenters. The van der Waals surface area contributed by atoms with Gasteiger partial charge in [0.1, 0.15) is 5.82 Å². The molecule has 0 radical (unpaired) electrons. The molecule has 0 saturated carbocycles. The van der Waals surface area contributed by atoms with Crippen LogP contribution >= 0.6 is 27.5 Å². The van der Waals surface area contributed by atoms with E-state index in [0.717, 1.165) is 34.3 Å². The fourth-order valence-corrected chi connectivity index (χ4v) is 3.68. The normalized spacial score (nSPS) is 11.1. The Labute approximate surface area is 166 Å². The molecular weight excluding hydrogens is 414 g/mol. The summed E-state index contributed by atoms with van der Waals surface area (Å²) in [5, 5.41) is 0.689. The maximum atomic E-state index is 13.0. The van der Waals surface area contributed by atoms with Gasteiger partial charge in [-0.05, 0) is 49.7 Å². The third-order valence-electron chi connectivity index (χ3n) is 4.29. The Morgan fingerprint density at radius 2 is 2.04 bits per heavy atom. The monoisotopic (exact) mass is 433 g/mol. The molecule has 3 aromatic rings. The van der Waals surface area contributed by atoms with Crippen molar-refractivity contribution in [2.75, 3.05) is 6.54 Å². The molecule has 0 fully saturated rings. The third kappa shape index (κ3) is 3.94. The maximum absolute atomic E-state index is 13.0. The maximum Gasteiger partial charge on any atom is 0.254 e. The van der Waals surface area contributed by atoms with Gasteiger partial charge in [0.05, 0.1) is 17.6 Å². The summed E-state index contributed by atoms with van der Waals surface area (Å²) < 4.78 is 3.02. The number of aromatic nitrogens is 2. The van der Waals surface area contributed by atoms with Crippen LogP contribution in [0, 0.1) is 0 Å². The van der Waals surface area contributed by atoms with Gasteiger partial charge in [0.15, 0.2) is 0 Å². The average molecular weight is 435 g/mol. The van der Waals surface area contributed by atoms with Crippen LogP contribution in [0.15, 0.2) is 46.9 Å². The number of carbonyl (C=O) groups is 1. The predicted molar refractivity (Wildman–Crippen MR) is 110 cm³/mol. The van der Waals surface area contributed by atoms with E-state index in [9.17, 15) is 4.79 Å². The van der Waals surface area contributed by atoms with Gasteiger partial charge in [0.2, 0.25) is 0 Å². The molecule has 0 saturated heterocycles. The van der Waals surface area contributed by atoms with Gasteiger partial charge in [-0.3, -0.25) is 4.79 Å². The van der Waals surface area contributed by atoms with Crippen LogP contribution in [-0.4, -0.2) is 26.9 Å². The Hall–Kier alpha value is -1.85. The second kappa shape index (κ2) is 8.23. The highest BCUT2D eigenvalue weighted by Gasteiger charge is 2.19. The zero-order valence-corrected chi connectivity index (χ0v) is 17.2. The fraction of sp³-hybridized carbons (Fsp3) is 0.300. The van der Waals surface area contributed by atoms with Crippen LogP contribution in [0.2, 0.25) is 5.02 Å². The first-order valence-corrected chi connectivity index (χ1v) is 9.90. The fourth-order valence-electron chi connectivity index (χ4n) is 3.12. The molecule has 26 heavy (non-hydrogen) atoms. The van der Waals surface area contributed by atoms with Crippen LogP contribution in [0.4, 0.5) is 0 Å². The number of aryl methyl sites for hydroxylation is 1. The Kier molecular flexibility index (Phi) is 5.99. The summed E-state index contributed by atoms with van der Waals surface area (Å²) >= 11 is 9.59. The molecule has 2 aromatic carbocycles. The molecule has 1 aromatic heterocycles. The summed E-state index contributed by atoms with van der Waals surface area (Å²) in [6.07, 6.45) is 0.887. The van der Waals surface area contributed by atoms with Crippen LogP contribution in [0.25, 0.3) is 11.0 Å². The minimum atomic E-state index is 0.0147. The van der Waals surface area contributed by atoms with E-state index in [-0.39, 0.29) is 5.91 Å². The number of hydrogen-bond acceptors (Lipinski definition) is 2. The first-order valence-electron chi connectivity index (χ1n) is 8.73. The van der Waals surface area contributed by atoms with Crippen molar-refractivity contribution in [2.45, 2.75) is 33.4 Å². The Morgan fingerprint density at radius 3 is 2.73 bits per heavy atom. The molecule has 0 atom stereocenters. The van der Waals surface area contributed by atoms with Gasteiger partial charge in [0.25, 0.3) is 5.91 Å². The number of benzene rings is 2. The van der Waals surface area contributed by atoms with E-state index in [2.05, 4.69) is 34.3 Å². The molecule has 0 aliphatic carbocycles. The van der Waals surface area contributed by atoms with Gasteiger partial charge in [-0.1, -0.05) is 40.5 Å². The van der Waals surface area contributed by atoms with E-state index in [1.807, 2.05) is 47.4 Å². The molecule has 3 rings (SSSR count). The summed E-state index contributed by atoms with van der Waals surface area (Å²) in [5.74, 6) is 0.891. The Balaban J connectivity index is 1.95. The Morgan fingerprint density at radius 1 is 1.23 bits per heavy atom. The summed E-state index contributed by atoms with van der Waals surface area (Å²) in [6.45, 7) is 6.07. The minimum absolute atomic E-state index is 0.0147. The molecule has 4 nitrogen and oxygen atoms in total. The first-order chi connectivity index (χ1) is 12.5. The van der Waals surface area contributed by atoms with Crippen molar-refractivity contribution in [1.82, 2.24) is 14.5 Å². The molecule has 0 bridgehead atoms. The van der Waals surface area contributed by atoms with E-state index in [4.69, 9.17) is 16.6 Å². The van der Waals surface area contributed by atoms with Crippen molar-refractivity contribution in [3.63, 3.8) is 0 Å². The van der Waals surface area contributed by atoms with Crippen LogP contribution < -0.4 is 0 Å². The second-order valence-electron chi connectivity index (χ2n) is 6.14. The number of imidazole rings is 1. The number of carbonyl (C=O) groups excluding carboxylic acids is 1. The van der Waals surface area contributed by atoms with Crippen molar-refractivity contribution >= 4 is 44.5 Å². The quantitative estimate of drug-likeness (QED) is 0.512. The summed E-state index contributed by atoms with van der Waals surface area (Å²) in [6, 6.07) is 13.2. The zero-order valence-electron chi connectivity index (χ0n) is 14.9. The number of rotatable bonds is 6. The van der Waals surface area contributed by atoms with Crippen molar-refractivity contribution in [3.8, 4) is 0 Å². The van der Waals surface area contributed by atoms with Crippen LogP contribution in [0.5, 0.6) is 0 Å². The lowest BCUT2D eigenvalue weighted by atomic mass is 10.2. The number of hydrogen-bond donors (Lipinski definition) is 0. The van der Waals surface area contributed by atoms with Gasteiger partial charge in [-0.15, -0.1) is 0 Å². The largest absolute Gasteiger partial charge is 0.331 e. The second-order valence-corrected chi connectivity index (χ2v) is 7.49. The molecule has 0 aliphatic heterocycles. The molecule has 1 heterocycles. The van der Waals surface area contributed by atoms with Gasteiger partial charge in [0, 0.05) is 28.1 Å². The smallest absolute Gasteiger partial charge is 0.254 e. The van der Waals surface area contributed by atoms with E-state index in [1.54, 1.807) is 0 Å². The average Bonchev–Trinajstić information content (AvgIpc) is 2.97. The zero-order chi connectivity index (χ0) is 18.7. The van der Waals surface area contributed by atoms with Crippen molar-refractivity contribution in [1.29, 1.82) is 0 Å². The third-order valence-corrected chi connectivity index (χ3v) is 5.02. The molecule has 136 valence electrons. The lowest BCUT2D eigenvalue weighted by Crippen LogP contribution is -2.32. The molecule has 0 N–H and O–H groups in total. The molecular formula is C20H21BrClN3O. The van der Waals surface area contributed by atoms with Gasteiger partial charge in [-0.2, -0.15) is 0 Å².